The van der Waals surface area contributed by atoms with Crippen molar-refractivity contribution in [2.45, 2.75) is 23.9 Å². The van der Waals surface area contributed by atoms with Gasteiger partial charge in [0.25, 0.3) is 5.91 Å². The second-order valence-electron chi connectivity index (χ2n) is 7.88. The van der Waals surface area contributed by atoms with Gasteiger partial charge in [0.15, 0.2) is 0 Å². The van der Waals surface area contributed by atoms with E-state index in [4.69, 9.17) is 21.7 Å². The number of benzene rings is 3. The molecule has 4 aromatic rings. The third-order valence-electron chi connectivity index (χ3n) is 5.48. The van der Waals surface area contributed by atoms with Gasteiger partial charge in [-0.25, -0.2) is 4.68 Å². The number of amides is 1. The van der Waals surface area contributed by atoms with Crippen LogP contribution in [0.1, 0.15) is 24.1 Å². The van der Waals surface area contributed by atoms with Gasteiger partial charge in [-0.05, 0) is 42.3 Å². The molecule has 0 spiro atoms. The van der Waals surface area contributed by atoms with Crippen molar-refractivity contribution in [2.75, 3.05) is 10.6 Å². The van der Waals surface area contributed by atoms with Crippen molar-refractivity contribution in [1.29, 1.82) is 0 Å². The van der Waals surface area contributed by atoms with Crippen LogP contribution in [0.4, 0.5) is 11.6 Å². The highest BCUT2D eigenvalue weighted by molar-refractivity contribution is 7.98. The number of halogens is 1. The summed E-state index contributed by atoms with van der Waals surface area (Å²) in [6, 6.07) is 26.6. The average molecular weight is 488 g/mol. The number of hydrogen-bond acceptors (Lipinski definition) is 5. The van der Waals surface area contributed by atoms with Crippen LogP contribution >= 0.6 is 23.4 Å². The molecular formula is C26H22ClN5OS. The highest BCUT2D eigenvalue weighted by atomic mass is 35.5. The Morgan fingerprint density at radius 1 is 1.06 bits per heavy atom. The second-order valence-corrected chi connectivity index (χ2v) is 9.26. The zero-order valence-electron chi connectivity index (χ0n) is 18.4. The smallest absolute Gasteiger partial charge is 0.255 e. The van der Waals surface area contributed by atoms with Gasteiger partial charge in [-0.1, -0.05) is 84.0 Å². The van der Waals surface area contributed by atoms with E-state index in [0.29, 0.717) is 21.7 Å². The summed E-state index contributed by atoms with van der Waals surface area (Å²) in [7, 11) is 0. The van der Waals surface area contributed by atoms with Gasteiger partial charge < -0.3 is 10.6 Å². The maximum atomic E-state index is 13.5. The molecule has 0 unspecified atom stereocenters. The van der Waals surface area contributed by atoms with E-state index < -0.39 is 6.04 Å². The van der Waals surface area contributed by atoms with E-state index in [1.807, 2.05) is 79.7 Å². The van der Waals surface area contributed by atoms with Crippen LogP contribution in [-0.2, 0) is 10.5 Å². The predicted molar refractivity (Wildman–Crippen MR) is 137 cm³/mol. The molecule has 0 saturated heterocycles. The number of allylic oxidation sites excluding steroid dienone is 1. The number of fused-ring (bicyclic) bond motifs is 1. The molecule has 170 valence electrons. The van der Waals surface area contributed by atoms with Crippen LogP contribution in [-0.4, -0.2) is 20.7 Å². The molecule has 5 rings (SSSR count). The van der Waals surface area contributed by atoms with E-state index in [9.17, 15) is 4.79 Å². The molecule has 2 heterocycles. The van der Waals surface area contributed by atoms with Crippen LogP contribution in [0, 0.1) is 0 Å². The van der Waals surface area contributed by atoms with E-state index >= 15 is 0 Å². The van der Waals surface area contributed by atoms with Crippen LogP contribution in [0.5, 0.6) is 0 Å². The number of hydrogen-bond donors (Lipinski definition) is 2. The lowest BCUT2D eigenvalue weighted by Crippen LogP contribution is -2.31. The second kappa shape index (κ2) is 9.75. The zero-order valence-corrected chi connectivity index (χ0v) is 20.0. The summed E-state index contributed by atoms with van der Waals surface area (Å²) in [5.74, 6) is 1.13. The first-order valence-corrected chi connectivity index (χ1v) is 12.2. The average Bonchev–Trinajstić information content (AvgIpc) is 3.25. The zero-order chi connectivity index (χ0) is 23.5. The normalized spacial score (nSPS) is 14.9. The minimum Gasteiger partial charge on any atom is -0.328 e. The van der Waals surface area contributed by atoms with Crippen molar-refractivity contribution in [3.8, 4) is 0 Å². The van der Waals surface area contributed by atoms with Gasteiger partial charge in [0, 0.05) is 22.2 Å². The summed E-state index contributed by atoms with van der Waals surface area (Å²) >= 11 is 7.88. The van der Waals surface area contributed by atoms with Crippen molar-refractivity contribution in [3.63, 3.8) is 0 Å². The Balaban J connectivity index is 1.50. The van der Waals surface area contributed by atoms with Crippen molar-refractivity contribution >= 4 is 40.9 Å². The summed E-state index contributed by atoms with van der Waals surface area (Å²) in [5.41, 5.74) is 4.05. The number of nitrogens with one attached hydrogen (secondary N) is 2. The molecule has 1 amide bonds. The summed E-state index contributed by atoms with van der Waals surface area (Å²) in [6.45, 7) is 1.88. The van der Waals surface area contributed by atoms with Crippen molar-refractivity contribution in [2.24, 2.45) is 0 Å². The molecule has 0 aliphatic carbocycles. The van der Waals surface area contributed by atoms with E-state index in [0.717, 1.165) is 22.7 Å². The topological polar surface area (TPSA) is 71.8 Å². The van der Waals surface area contributed by atoms with Gasteiger partial charge in [0.2, 0.25) is 11.1 Å². The molecule has 1 aliphatic rings. The van der Waals surface area contributed by atoms with Crippen LogP contribution in [0.2, 0.25) is 5.02 Å². The van der Waals surface area contributed by atoms with Crippen LogP contribution in [0.25, 0.3) is 0 Å². The molecule has 1 aromatic heterocycles. The first-order valence-electron chi connectivity index (χ1n) is 10.8. The fraction of sp³-hybridized carbons (Fsp3) is 0.115. The molecule has 1 atom stereocenters. The van der Waals surface area contributed by atoms with Gasteiger partial charge in [-0.2, -0.15) is 4.98 Å². The summed E-state index contributed by atoms with van der Waals surface area (Å²) in [5, 5.41) is 12.3. The predicted octanol–water partition coefficient (Wildman–Crippen LogP) is 6.15. The quantitative estimate of drug-likeness (QED) is 0.319. The third kappa shape index (κ3) is 4.71. The van der Waals surface area contributed by atoms with Gasteiger partial charge in [-0.3, -0.25) is 4.79 Å². The number of nitrogens with zero attached hydrogens (tertiary/aromatic N) is 3. The first kappa shape index (κ1) is 22.3. The highest BCUT2D eigenvalue weighted by Crippen LogP contribution is 2.37. The number of rotatable bonds is 6. The SMILES string of the molecule is CC1=C(C(=O)Nc2ccccc2)[C@H](c2cccc(Cl)c2)n2nc(SCc3ccccc3)nc2N1. The Bertz CT molecular complexity index is 1350. The number of para-hydroxylation sites is 1. The van der Waals surface area contributed by atoms with E-state index in [2.05, 4.69) is 22.8 Å². The van der Waals surface area contributed by atoms with Gasteiger partial charge in [-0.15, -0.1) is 5.10 Å². The molecule has 1 aliphatic heterocycles. The van der Waals surface area contributed by atoms with Crippen molar-refractivity contribution < 1.29 is 4.79 Å². The molecule has 6 nitrogen and oxygen atoms in total. The largest absolute Gasteiger partial charge is 0.328 e. The number of thioether (sulfide) groups is 1. The van der Waals surface area contributed by atoms with Crippen molar-refractivity contribution in [1.82, 2.24) is 14.8 Å². The lowest BCUT2D eigenvalue weighted by molar-refractivity contribution is -0.113. The number of aromatic nitrogens is 3. The summed E-state index contributed by atoms with van der Waals surface area (Å²) in [4.78, 5) is 18.2. The van der Waals surface area contributed by atoms with Crippen LogP contribution in [0.15, 0.2) is 101 Å². The monoisotopic (exact) mass is 487 g/mol. The Labute approximate surface area is 207 Å². The molecule has 8 heteroatoms. The standard InChI is InChI=1S/C26H22ClN5OS/c1-17-22(24(33)29-21-13-6-3-7-14-21)23(19-11-8-12-20(27)15-19)32-25(28-17)30-26(31-32)34-16-18-9-4-2-5-10-18/h2-15,23H,16H2,1H3,(H,29,33)(H,28,30,31)/t23-/m0/s1. The van der Waals surface area contributed by atoms with Gasteiger partial charge in [0.05, 0.1) is 5.57 Å². The molecule has 0 fully saturated rings. The molecule has 34 heavy (non-hydrogen) atoms. The fourth-order valence-electron chi connectivity index (χ4n) is 3.91. The fourth-order valence-corrected chi connectivity index (χ4v) is 4.90. The number of anilines is 2. The summed E-state index contributed by atoms with van der Waals surface area (Å²) < 4.78 is 1.77. The minimum atomic E-state index is -0.475. The Hall–Kier alpha value is -3.55. The maximum absolute atomic E-state index is 13.5. The molecule has 3 aromatic carbocycles. The number of carbonyl (C=O) groups excluding carboxylic acids is 1. The lowest BCUT2D eigenvalue weighted by atomic mass is 9.95. The van der Waals surface area contributed by atoms with E-state index in [1.54, 1.807) is 16.4 Å². The molecular weight excluding hydrogens is 466 g/mol. The number of carbonyl (C=O) groups is 1. The molecule has 0 radical (unpaired) electrons. The van der Waals surface area contributed by atoms with Crippen LogP contribution < -0.4 is 10.6 Å². The molecule has 0 bridgehead atoms. The van der Waals surface area contributed by atoms with E-state index in [-0.39, 0.29) is 5.91 Å². The Morgan fingerprint density at radius 2 is 1.79 bits per heavy atom. The Kier molecular flexibility index (Phi) is 6.38. The maximum Gasteiger partial charge on any atom is 0.255 e. The third-order valence-corrected chi connectivity index (χ3v) is 6.63. The lowest BCUT2D eigenvalue weighted by Gasteiger charge is -2.28. The van der Waals surface area contributed by atoms with E-state index in [1.165, 1.54) is 5.56 Å². The Morgan fingerprint density at radius 3 is 2.53 bits per heavy atom. The first-order chi connectivity index (χ1) is 16.6. The van der Waals surface area contributed by atoms with Gasteiger partial charge in [0.1, 0.15) is 6.04 Å². The molecule has 0 saturated carbocycles. The van der Waals surface area contributed by atoms with Gasteiger partial charge >= 0.3 is 0 Å². The summed E-state index contributed by atoms with van der Waals surface area (Å²) in [6.07, 6.45) is 0. The minimum absolute atomic E-state index is 0.208. The molecule has 2 N–H and O–H groups in total. The van der Waals surface area contributed by atoms with Crippen molar-refractivity contribution in [3.05, 3.63) is 112 Å². The van der Waals surface area contributed by atoms with Crippen LogP contribution in [0.3, 0.4) is 0 Å². The highest BCUT2D eigenvalue weighted by Gasteiger charge is 2.34.